The molecule has 0 spiro atoms. The number of nitrogens with one attached hydrogen (secondary N) is 2. The fourth-order valence-electron chi connectivity index (χ4n) is 1.80. The van der Waals surface area contributed by atoms with Crippen molar-refractivity contribution in [1.82, 2.24) is 5.32 Å². The summed E-state index contributed by atoms with van der Waals surface area (Å²) in [5, 5.41) is 5.68. The molecule has 0 aliphatic heterocycles. The fourth-order valence-corrected chi connectivity index (χ4v) is 2.85. The highest BCUT2D eigenvalue weighted by atomic mass is 32.1. The maximum atomic E-state index is 12.1. The highest BCUT2D eigenvalue weighted by Gasteiger charge is 2.31. The van der Waals surface area contributed by atoms with E-state index < -0.39 is 5.97 Å². The molecule has 1 aromatic heterocycles. The second-order valence-corrected chi connectivity index (χ2v) is 6.22. The number of amides is 2. The van der Waals surface area contributed by atoms with E-state index in [-0.39, 0.29) is 24.3 Å². The first-order valence-corrected chi connectivity index (χ1v) is 7.54. The van der Waals surface area contributed by atoms with Crippen LogP contribution in [0.3, 0.4) is 0 Å². The lowest BCUT2D eigenvalue weighted by molar-refractivity contribution is -0.123. The van der Waals surface area contributed by atoms with Crippen LogP contribution in [-0.2, 0) is 14.3 Å². The lowest BCUT2D eigenvalue weighted by Crippen LogP contribution is -2.25. The number of ether oxygens (including phenoxy) is 1. The van der Waals surface area contributed by atoms with Crippen molar-refractivity contribution in [1.29, 1.82) is 0 Å². The van der Waals surface area contributed by atoms with Gasteiger partial charge in [0.05, 0.1) is 5.56 Å². The number of thiophene rings is 1. The summed E-state index contributed by atoms with van der Waals surface area (Å²) >= 11 is 1.35. The first-order chi connectivity index (χ1) is 9.93. The van der Waals surface area contributed by atoms with Crippen LogP contribution in [0.5, 0.6) is 0 Å². The maximum absolute atomic E-state index is 12.1. The van der Waals surface area contributed by atoms with E-state index in [1.807, 2.05) is 6.92 Å². The monoisotopic (exact) mass is 310 g/mol. The Kier molecular flexibility index (Phi) is 4.62. The molecular formula is C14H18N2O4S. The Balaban J connectivity index is 2.14. The standard InChI is InChI=1S/C14H18N2O4S/c1-7-8(2)21-13(16-12(18)9-4-5-9)11(7)14(19)20-6-10(17)15-3/h9H,4-6H2,1-3H3,(H,15,17)(H,16,18). The molecule has 1 aromatic rings. The molecule has 6 nitrogen and oxygen atoms in total. The number of likely N-dealkylation sites (N-methyl/N-ethyl adjacent to an activating group) is 1. The molecule has 0 bridgehead atoms. The summed E-state index contributed by atoms with van der Waals surface area (Å²) in [6.45, 7) is 3.34. The summed E-state index contributed by atoms with van der Waals surface area (Å²) in [6.07, 6.45) is 1.79. The molecule has 0 radical (unpaired) electrons. The SMILES string of the molecule is CNC(=O)COC(=O)c1c(NC(=O)C2CC2)sc(C)c1C. The summed E-state index contributed by atoms with van der Waals surface area (Å²) < 4.78 is 4.98. The average Bonchev–Trinajstić information content (AvgIpc) is 3.25. The van der Waals surface area contributed by atoms with Crippen molar-refractivity contribution >= 4 is 34.1 Å². The molecule has 1 heterocycles. The van der Waals surface area contributed by atoms with Crippen molar-refractivity contribution in [3.8, 4) is 0 Å². The van der Waals surface area contributed by atoms with Crippen LogP contribution in [0.1, 0.15) is 33.6 Å². The maximum Gasteiger partial charge on any atom is 0.341 e. The third-order valence-corrected chi connectivity index (χ3v) is 4.51. The third-order valence-electron chi connectivity index (χ3n) is 3.39. The van der Waals surface area contributed by atoms with Gasteiger partial charge in [0.15, 0.2) is 6.61 Å². The summed E-state index contributed by atoms with van der Waals surface area (Å²) in [6, 6.07) is 0. The van der Waals surface area contributed by atoms with E-state index in [9.17, 15) is 14.4 Å². The number of hydrogen-bond donors (Lipinski definition) is 2. The topological polar surface area (TPSA) is 84.5 Å². The van der Waals surface area contributed by atoms with Gasteiger partial charge in [-0.2, -0.15) is 0 Å². The molecule has 1 aliphatic carbocycles. The summed E-state index contributed by atoms with van der Waals surface area (Å²) in [5.74, 6) is -0.970. The van der Waals surface area contributed by atoms with Crippen molar-refractivity contribution in [2.75, 3.05) is 19.0 Å². The lowest BCUT2D eigenvalue weighted by atomic mass is 10.1. The van der Waals surface area contributed by atoms with Crippen molar-refractivity contribution < 1.29 is 19.1 Å². The summed E-state index contributed by atoms with van der Waals surface area (Å²) in [7, 11) is 1.47. The number of carbonyl (C=O) groups is 3. The normalized spacial score (nSPS) is 13.7. The van der Waals surface area contributed by atoms with E-state index in [0.717, 1.165) is 23.3 Å². The van der Waals surface area contributed by atoms with E-state index in [4.69, 9.17) is 4.74 Å². The van der Waals surface area contributed by atoms with Crippen molar-refractivity contribution in [2.45, 2.75) is 26.7 Å². The van der Waals surface area contributed by atoms with Gasteiger partial charge in [0.1, 0.15) is 5.00 Å². The fraction of sp³-hybridized carbons (Fsp3) is 0.500. The zero-order valence-electron chi connectivity index (χ0n) is 12.2. The number of anilines is 1. The second kappa shape index (κ2) is 6.26. The van der Waals surface area contributed by atoms with Gasteiger partial charge in [-0.25, -0.2) is 4.79 Å². The van der Waals surface area contributed by atoms with Gasteiger partial charge in [0, 0.05) is 17.8 Å². The minimum absolute atomic E-state index is 0.0578. The smallest absolute Gasteiger partial charge is 0.341 e. The average molecular weight is 310 g/mol. The Morgan fingerprint density at radius 3 is 2.52 bits per heavy atom. The van der Waals surface area contributed by atoms with Crippen LogP contribution in [0.15, 0.2) is 0 Å². The van der Waals surface area contributed by atoms with Crippen LogP contribution in [0, 0.1) is 19.8 Å². The molecular weight excluding hydrogens is 292 g/mol. The molecule has 2 rings (SSSR count). The number of rotatable bonds is 5. The van der Waals surface area contributed by atoms with Gasteiger partial charge in [-0.15, -0.1) is 11.3 Å². The van der Waals surface area contributed by atoms with Gasteiger partial charge in [-0.05, 0) is 32.3 Å². The van der Waals surface area contributed by atoms with E-state index in [2.05, 4.69) is 10.6 Å². The molecule has 1 aliphatic rings. The highest BCUT2D eigenvalue weighted by Crippen LogP contribution is 2.36. The molecule has 0 unspecified atom stereocenters. The number of aryl methyl sites for hydroxylation is 1. The van der Waals surface area contributed by atoms with Gasteiger partial charge in [0.25, 0.3) is 5.91 Å². The molecule has 0 atom stereocenters. The minimum atomic E-state index is -0.591. The Morgan fingerprint density at radius 1 is 1.29 bits per heavy atom. The number of carbonyl (C=O) groups excluding carboxylic acids is 3. The third kappa shape index (κ3) is 3.60. The first-order valence-electron chi connectivity index (χ1n) is 6.72. The summed E-state index contributed by atoms with van der Waals surface area (Å²) in [4.78, 5) is 36.1. The Bertz CT molecular complexity index is 590. The second-order valence-electron chi connectivity index (χ2n) is 5.00. The largest absolute Gasteiger partial charge is 0.452 e. The van der Waals surface area contributed by atoms with Crippen LogP contribution in [-0.4, -0.2) is 31.4 Å². The first kappa shape index (κ1) is 15.5. The zero-order chi connectivity index (χ0) is 15.6. The molecule has 0 saturated heterocycles. The summed E-state index contributed by atoms with van der Waals surface area (Å²) in [5.41, 5.74) is 1.11. The molecule has 2 N–H and O–H groups in total. The zero-order valence-corrected chi connectivity index (χ0v) is 13.1. The van der Waals surface area contributed by atoms with Crippen LogP contribution >= 0.6 is 11.3 Å². The molecule has 114 valence electrons. The number of hydrogen-bond acceptors (Lipinski definition) is 5. The van der Waals surface area contributed by atoms with Gasteiger partial charge in [0.2, 0.25) is 5.91 Å². The van der Waals surface area contributed by atoms with Gasteiger partial charge in [-0.3, -0.25) is 9.59 Å². The van der Waals surface area contributed by atoms with E-state index in [1.165, 1.54) is 18.4 Å². The molecule has 1 fully saturated rings. The van der Waals surface area contributed by atoms with E-state index >= 15 is 0 Å². The molecule has 0 aromatic carbocycles. The molecule has 1 saturated carbocycles. The highest BCUT2D eigenvalue weighted by molar-refractivity contribution is 7.16. The Labute approximate surface area is 126 Å². The molecule has 21 heavy (non-hydrogen) atoms. The lowest BCUT2D eigenvalue weighted by Gasteiger charge is -2.07. The Hall–Kier alpha value is -1.89. The van der Waals surface area contributed by atoms with E-state index in [1.54, 1.807) is 6.92 Å². The van der Waals surface area contributed by atoms with Crippen molar-refractivity contribution in [3.63, 3.8) is 0 Å². The Morgan fingerprint density at radius 2 is 1.95 bits per heavy atom. The van der Waals surface area contributed by atoms with Crippen LogP contribution < -0.4 is 10.6 Å². The quantitative estimate of drug-likeness (QED) is 0.809. The van der Waals surface area contributed by atoms with Crippen molar-refractivity contribution in [2.24, 2.45) is 5.92 Å². The van der Waals surface area contributed by atoms with Gasteiger partial charge >= 0.3 is 5.97 Å². The predicted octanol–water partition coefficient (Wildman–Crippen LogP) is 1.62. The molecule has 2 amide bonds. The van der Waals surface area contributed by atoms with Crippen LogP contribution in [0.2, 0.25) is 0 Å². The van der Waals surface area contributed by atoms with E-state index in [0.29, 0.717) is 10.6 Å². The van der Waals surface area contributed by atoms with Crippen LogP contribution in [0.4, 0.5) is 5.00 Å². The molecule has 7 heteroatoms. The predicted molar refractivity (Wildman–Crippen MR) is 79.5 cm³/mol. The van der Waals surface area contributed by atoms with Crippen molar-refractivity contribution in [3.05, 3.63) is 16.0 Å². The minimum Gasteiger partial charge on any atom is -0.452 e. The van der Waals surface area contributed by atoms with Gasteiger partial charge < -0.3 is 15.4 Å². The van der Waals surface area contributed by atoms with Crippen LogP contribution in [0.25, 0.3) is 0 Å². The number of esters is 1. The van der Waals surface area contributed by atoms with Gasteiger partial charge in [-0.1, -0.05) is 0 Å².